The number of amides is 1. The van der Waals surface area contributed by atoms with E-state index in [1.54, 1.807) is 0 Å². The molecule has 2 N–H and O–H groups in total. The zero-order valence-electron chi connectivity index (χ0n) is 10.4. The van der Waals surface area contributed by atoms with E-state index in [2.05, 4.69) is 21.2 Å². The second-order valence-electron chi connectivity index (χ2n) is 4.05. The first-order valence-corrected chi connectivity index (χ1v) is 6.47. The summed E-state index contributed by atoms with van der Waals surface area (Å²) in [6.45, 7) is 0. The number of hydrogen-bond donors (Lipinski definition) is 2. The Bertz CT molecular complexity index is 734. The maximum Gasteiger partial charge on any atom is 0.336 e. The lowest BCUT2D eigenvalue weighted by atomic mass is 10.1. The molecular formula is C14H8BrF2NO3. The summed E-state index contributed by atoms with van der Waals surface area (Å²) in [5.41, 5.74) is -0.749. The number of carbonyl (C=O) groups excluding carboxylic acids is 1. The summed E-state index contributed by atoms with van der Waals surface area (Å²) in [4.78, 5) is 23.0. The lowest BCUT2D eigenvalue weighted by Gasteiger charge is -2.09. The van der Waals surface area contributed by atoms with E-state index < -0.39 is 23.5 Å². The van der Waals surface area contributed by atoms with Gasteiger partial charge in [-0.25, -0.2) is 13.6 Å². The van der Waals surface area contributed by atoms with Crippen molar-refractivity contribution in [3.05, 3.63) is 63.6 Å². The Labute approximate surface area is 126 Å². The van der Waals surface area contributed by atoms with E-state index in [1.165, 1.54) is 24.3 Å². The van der Waals surface area contributed by atoms with Crippen LogP contribution < -0.4 is 5.32 Å². The number of carbonyl (C=O) groups is 2. The smallest absolute Gasteiger partial charge is 0.336 e. The molecule has 0 spiro atoms. The van der Waals surface area contributed by atoms with Crippen LogP contribution in [0.3, 0.4) is 0 Å². The highest BCUT2D eigenvalue weighted by Crippen LogP contribution is 2.24. The molecule has 2 aromatic carbocycles. The Hall–Kier alpha value is -2.28. The van der Waals surface area contributed by atoms with Gasteiger partial charge in [0.1, 0.15) is 11.6 Å². The van der Waals surface area contributed by atoms with Crippen LogP contribution in [0.25, 0.3) is 0 Å². The van der Waals surface area contributed by atoms with Crippen LogP contribution in [0.1, 0.15) is 20.7 Å². The molecule has 21 heavy (non-hydrogen) atoms. The number of carboxylic acid groups (broad SMARTS) is 1. The van der Waals surface area contributed by atoms with Gasteiger partial charge in [-0.3, -0.25) is 4.79 Å². The summed E-state index contributed by atoms with van der Waals surface area (Å²) < 4.78 is 26.9. The van der Waals surface area contributed by atoms with Gasteiger partial charge in [0.15, 0.2) is 0 Å². The average Bonchev–Trinajstić information content (AvgIpc) is 2.44. The highest BCUT2D eigenvalue weighted by atomic mass is 79.9. The molecule has 0 radical (unpaired) electrons. The third-order valence-electron chi connectivity index (χ3n) is 2.66. The third-order valence-corrected chi connectivity index (χ3v) is 3.27. The van der Waals surface area contributed by atoms with Crippen molar-refractivity contribution in [2.75, 3.05) is 5.32 Å². The fourth-order valence-corrected chi connectivity index (χ4v) is 1.99. The second-order valence-corrected chi connectivity index (χ2v) is 4.91. The molecule has 0 aliphatic heterocycles. The highest BCUT2D eigenvalue weighted by molar-refractivity contribution is 9.10. The molecule has 0 heterocycles. The molecule has 0 aliphatic rings. The van der Waals surface area contributed by atoms with Crippen molar-refractivity contribution in [1.82, 2.24) is 0 Å². The Morgan fingerprint density at radius 1 is 1.05 bits per heavy atom. The molecule has 2 aromatic rings. The summed E-state index contributed by atoms with van der Waals surface area (Å²) in [5, 5.41) is 11.1. The molecule has 0 saturated heterocycles. The minimum atomic E-state index is -1.29. The monoisotopic (exact) mass is 355 g/mol. The molecule has 0 bridgehead atoms. The Morgan fingerprint density at radius 2 is 1.67 bits per heavy atom. The van der Waals surface area contributed by atoms with Gasteiger partial charge in [0.2, 0.25) is 0 Å². The van der Waals surface area contributed by atoms with Crippen molar-refractivity contribution in [2.45, 2.75) is 0 Å². The third kappa shape index (κ3) is 3.25. The second kappa shape index (κ2) is 6.01. The van der Waals surface area contributed by atoms with Gasteiger partial charge in [-0.05, 0) is 34.1 Å². The molecule has 0 aliphatic carbocycles. The van der Waals surface area contributed by atoms with E-state index in [4.69, 9.17) is 5.11 Å². The molecule has 7 heteroatoms. The first-order chi connectivity index (χ1) is 9.90. The molecule has 0 saturated carbocycles. The zero-order valence-corrected chi connectivity index (χ0v) is 11.9. The van der Waals surface area contributed by atoms with Crippen LogP contribution in [0, 0.1) is 11.6 Å². The Balaban J connectivity index is 2.35. The van der Waals surface area contributed by atoms with Crippen molar-refractivity contribution >= 4 is 33.5 Å². The van der Waals surface area contributed by atoms with Gasteiger partial charge in [-0.1, -0.05) is 12.1 Å². The van der Waals surface area contributed by atoms with Gasteiger partial charge in [0.05, 0.1) is 21.3 Å². The molecule has 0 aromatic heterocycles. The van der Waals surface area contributed by atoms with Crippen molar-refractivity contribution in [2.24, 2.45) is 0 Å². The van der Waals surface area contributed by atoms with Gasteiger partial charge < -0.3 is 10.4 Å². The van der Waals surface area contributed by atoms with E-state index in [1.807, 2.05) is 0 Å². The van der Waals surface area contributed by atoms with Crippen LogP contribution in [0.2, 0.25) is 0 Å². The summed E-state index contributed by atoms with van der Waals surface area (Å²) in [5.74, 6) is -3.72. The molecule has 4 nitrogen and oxygen atoms in total. The first kappa shape index (κ1) is 15.1. The molecule has 2 rings (SSSR count). The quantitative estimate of drug-likeness (QED) is 0.825. The van der Waals surface area contributed by atoms with Gasteiger partial charge in [-0.15, -0.1) is 0 Å². The number of aromatic carboxylic acids is 1. The summed E-state index contributed by atoms with van der Waals surface area (Å²) in [7, 11) is 0. The van der Waals surface area contributed by atoms with E-state index in [0.29, 0.717) is 0 Å². The van der Waals surface area contributed by atoms with Gasteiger partial charge in [0.25, 0.3) is 5.91 Å². The van der Waals surface area contributed by atoms with Crippen LogP contribution in [0.4, 0.5) is 14.5 Å². The van der Waals surface area contributed by atoms with Crippen molar-refractivity contribution in [1.29, 1.82) is 0 Å². The highest BCUT2D eigenvalue weighted by Gasteiger charge is 2.18. The van der Waals surface area contributed by atoms with Crippen molar-refractivity contribution in [3.8, 4) is 0 Å². The Morgan fingerprint density at radius 3 is 2.29 bits per heavy atom. The topological polar surface area (TPSA) is 66.4 Å². The average molecular weight is 356 g/mol. The lowest BCUT2D eigenvalue weighted by molar-refractivity contribution is 0.0692. The van der Waals surface area contributed by atoms with Crippen LogP contribution in [-0.4, -0.2) is 17.0 Å². The fourth-order valence-electron chi connectivity index (χ4n) is 1.68. The SMILES string of the molecule is O=C(O)c1ccccc1C(=O)Nc1cc(F)c(Br)cc1F. The summed E-state index contributed by atoms with van der Waals surface area (Å²) in [6.07, 6.45) is 0. The number of halogens is 3. The summed E-state index contributed by atoms with van der Waals surface area (Å²) in [6, 6.07) is 7.14. The maximum absolute atomic E-state index is 13.6. The van der Waals surface area contributed by atoms with Crippen molar-refractivity contribution < 1.29 is 23.5 Å². The minimum Gasteiger partial charge on any atom is -0.478 e. The number of benzene rings is 2. The minimum absolute atomic E-state index is 0.0797. The first-order valence-electron chi connectivity index (χ1n) is 5.68. The van der Waals surface area contributed by atoms with E-state index in [0.717, 1.165) is 12.1 Å². The summed E-state index contributed by atoms with van der Waals surface area (Å²) >= 11 is 2.82. The molecular weight excluding hydrogens is 348 g/mol. The number of carboxylic acids is 1. The normalized spacial score (nSPS) is 10.2. The predicted octanol–water partition coefficient (Wildman–Crippen LogP) is 3.68. The fraction of sp³-hybridized carbons (Fsp3) is 0. The van der Waals surface area contributed by atoms with Crippen LogP contribution in [-0.2, 0) is 0 Å². The molecule has 108 valence electrons. The van der Waals surface area contributed by atoms with E-state index in [-0.39, 0.29) is 21.3 Å². The number of rotatable bonds is 3. The van der Waals surface area contributed by atoms with Gasteiger partial charge >= 0.3 is 5.97 Å². The predicted molar refractivity (Wildman–Crippen MR) is 75.4 cm³/mol. The van der Waals surface area contributed by atoms with Crippen molar-refractivity contribution in [3.63, 3.8) is 0 Å². The van der Waals surface area contributed by atoms with E-state index >= 15 is 0 Å². The number of anilines is 1. The lowest BCUT2D eigenvalue weighted by Crippen LogP contribution is -2.17. The van der Waals surface area contributed by atoms with Gasteiger partial charge in [0, 0.05) is 6.07 Å². The Kier molecular flexibility index (Phi) is 4.32. The molecule has 1 amide bonds. The van der Waals surface area contributed by atoms with E-state index in [9.17, 15) is 18.4 Å². The van der Waals surface area contributed by atoms with Crippen LogP contribution in [0.15, 0.2) is 40.9 Å². The largest absolute Gasteiger partial charge is 0.478 e. The number of nitrogens with one attached hydrogen (secondary N) is 1. The molecule has 0 unspecified atom stereocenters. The standard InChI is InChI=1S/C14H8BrF2NO3/c15-9-5-11(17)12(6-10(9)16)18-13(19)7-3-1-2-4-8(7)14(20)21/h1-6H,(H,18,19)(H,20,21). The molecule has 0 fully saturated rings. The maximum atomic E-state index is 13.6. The van der Waals surface area contributed by atoms with Crippen LogP contribution in [0.5, 0.6) is 0 Å². The molecule has 0 atom stereocenters. The van der Waals surface area contributed by atoms with Crippen LogP contribution >= 0.6 is 15.9 Å². The van der Waals surface area contributed by atoms with Gasteiger partial charge in [-0.2, -0.15) is 0 Å². The number of hydrogen-bond acceptors (Lipinski definition) is 2. The zero-order chi connectivity index (χ0) is 15.6.